The lowest BCUT2D eigenvalue weighted by molar-refractivity contribution is -0.138. The standard InChI is InChI=1S/C9H17NO2/c1-4-5-10(6-8(2)3)7-9(11)12/h2,4-7H2,1,3H3,(H,11,12). The first kappa shape index (κ1) is 11.2. The highest BCUT2D eigenvalue weighted by Crippen LogP contribution is 1.96. The molecule has 3 nitrogen and oxygen atoms in total. The zero-order valence-electron chi connectivity index (χ0n) is 7.84. The van der Waals surface area contributed by atoms with E-state index in [4.69, 9.17) is 5.11 Å². The lowest BCUT2D eigenvalue weighted by Gasteiger charge is -2.18. The van der Waals surface area contributed by atoms with Gasteiger partial charge >= 0.3 is 5.97 Å². The summed E-state index contributed by atoms with van der Waals surface area (Å²) in [6.07, 6.45) is 0.973. The van der Waals surface area contributed by atoms with E-state index < -0.39 is 5.97 Å². The predicted octanol–water partition coefficient (Wildman–Crippen LogP) is 1.36. The molecular weight excluding hydrogens is 154 g/mol. The van der Waals surface area contributed by atoms with Crippen LogP contribution in [0.2, 0.25) is 0 Å². The molecule has 0 aromatic heterocycles. The molecule has 0 unspecified atom stereocenters. The van der Waals surface area contributed by atoms with E-state index in [1.807, 2.05) is 18.7 Å². The highest BCUT2D eigenvalue weighted by Gasteiger charge is 2.07. The first-order valence-electron chi connectivity index (χ1n) is 4.14. The predicted molar refractivity (Wildman–Crippen MR) is 49.2 cm³/mol. The van der Waals surface area contributed by atoms with Crippen LogP contribution in [-0.4, -0.2) is 35.6 Å². The van der Waals surface area contributed by atoms with Crippen molar-refractivity contribution in [2.24, 2.45) is 0 Å². The summed E-state index contributed by atoms with van der Waals surface area (Å²) in [6, 6.07) is 0. The van der Waals surface area contributed by atoms with Crippen LogP contribution in [0.5, 0.6) is 0 Å². The molecule has 0 heterocycles. The van der Waals surface area contributed by atoms with Crippen molar-refractivity contribution in [3.63, 3.8) is 0 Å². The molecule has 0 saturated heterocycles. The summed E-state index contributed by atoms with van der Waals surface area (Å²) in [5, 5.41) is 8.55. The van der Waals surface area contributed by atoms with E-state index in [1.165, 1.54) is 0 Å². The largest absolute Gasteiger partial charge is 0.480 e. The van der Waals surface area contributed by atoms with E-state index in [0.717, 1.165) is 18.5 Å². The van der Waals surface area contributed by atoms with Gasteiger partial charge in [0, 0.05) is 6.54 Å². The second kappa shape index (κ2) is 5.77. The SMILES string of the molecule is C=C(C)CN(CCC)CC(=O)O. The average molecular weight is 171 g/mol. The van der Waals surface area contributed by atoms with Gasteiger partial charge in [-0.2, -0.15) is 0 Å². The second-order valence-corrected chi connectivity index (χ2v) is 3.06. The van der Waals surface area contributed by atoms with E-state index in [-0.39, 0.29) is 6.54 Å². The number of hydrogen-bond donors (Lipinski definition) is 1. The number of hydrogen-bond acceptors (Lipinski definition) is 2. The van der Waals surface area contributed by atoms with Crippen molar-refractivity contribution in [1.82, 2.24) is 4.90 Å². The zero-order valence-corrected chi connectivity index (χ0v) is 7.84. The van der Waals surface area contributed by atoms with Gasteiger partial charge in [-0.1, -0.05) is 19.1 Å². The Kier molecular flexibility index (Phi) is 5.37. The van der Waals surface area contributed by atoms with Crippen molar-refractivity contribution in [3.8, 4) is 0 Å². The first-order chi connectivity index (χ1) is 5.56. The van der Waals surface area contributed by atoms with Gasteiger partial charge in [0.05, 0.1) is 6.54 Å². The van der Waals surface area contributed by atoms with Gasteiger partial charge in [0.25, 0.3) is 0 Å². The summed E-state index contributed by atoms with van der Waals surface area (Å²) in [7, 11) is 0. The number of nitrogens with zero attached hydrogens (tertiary/aromatic N) is 1. The van der Waals surface area contributed by atoms with E-state index in [1.54, 1.807) is 0 Å². The molecule has 0 aromatic rings. The number of carbonyl (C=O) groups is 1. The average Bonchev–Trinajstić information content (AvgIpc) is 1.84. The van der Waals surface area contributed by atoms with Crippen LogP contribution >= 0.6 is 0 Å². The quantitative estimate of drug-likeness (QED) is 0.613. The van der Waals surface area contributed by atoms with Crippen LogP contribution in [0.4, 0.5) is 0 Å². The molecule has 70 valence electrons. The number of rotatable bonds is 6. The van der Waals surface area contributed by atoms with Gasteiger partial charge in [0.1, 0.15) is 0 Å². The van der Waals surface area contributed by atoms with Crippen LogP contribution in [0, 0.1) is 0 Å². The van der Waals surface area contributed by atoms with Gasteiger partial charge in [-0.05, 0) is 19.9 Å². The maximum Gasteiger partial charge on any atom is 0.317 e. The normalized spacial score (nSPS) is 10.2. The van der Waals surface area contributed by atoms with Gasteiger partial charge < -0.3 is 5.11 Å². The summed E-state index contributed by atoms with van der Waals surface area (Å²) in [4.78, 5) is 12.3. The van der Waals surface area contributed by atoms with Crippen molar-refractivity contribution in [1.29, 1.82) is 0 Å². The van der Waals surface area contributed by atoms with Crippen LogP contribution in [-0.2, 0) is 4.79 Å². The lowest BCUT2D eigenvalue weighted by Crippen LogP contribution is -2.31. The summed E-state index contributed by atoms with van der Waals surface area (Å²) >= 11 is 0. The molecule has 0 aliphatic carbocycles. The molecule has 0 bridgehead atoms. The second-order valence-electron chi connectivity index (χ2n) is 3.06. The number of carboxylic acids is 1. The van der Waals surface area contributed by atoms with E-state index >= 15 is 0 Å². The van der Waals surface area contributed by atoms with Crippen LogP contribution in [0.15, 0.2) is 12.2 Å². The Balaban J connectivity index is 3.85. The van der Waals surface area contributed by atoms with Crippen molar-refractivity contribution in [2.75, 3.05) is 19.6 Å². The van der Waals surface area contributed by atoms with Gasteiger partial charge in [-0.3, -0.25) is 9.69 Å². The highest BCUT2D eigenvalue weighted by molar-refractivity contribution is 5.69. The van der Waals surface area contributed by atoms with Gasteiger partial charge in [0.15, 0.2) is 0 Å². The summed E-state index contributed by atoms with van der Waals surface area (Å²) in [5.41, 5.74) is 1.00. The minimum absolute atomic E-state index is 0.112. The van der Waals surface area contributed by atoms with Crippen LogP contribution in [0.3, 0.4) is 0 Å². The van der Waals surface area contributed by atoms with Gasteiger partial charge in [-0.25, -0.2) is 0 Å². The lowest BCUT2D eigenvalue weighted by atomic mass is 10.3. The molecule has 0 radical (unpaired) electrons. The fourth-order valence-electron chi connectivity index (χ4n) is 1.10. The van der Waals surface area contributed by atoms with Crippen LogP contribution < -0.4 is 0 Å². The maximum atomic E-state index is 10.4. The molecule has 0 aliphatic heterocycles. The van der Waals surface area contributed by atoms with Crippen LogP contribution in [0.25, 0.3) is 0 Å². The van der Waals surface area contributed by atoms with Crippen molar-refractivity contribution < 1.29 is 9.90 Å². The molecule has 0 fully saturated rings. The number of carboxylic acid groups (broad SMARTS) is 1. The minimum atomic E-state index is -0.773. The van der Waals surface area contributed by atoms with Crippen molar-refractivity contribution in [3.05, 3.63) is 12.2 Å². The Bertz CT molecular complexity index is 150. The smallest absolute Gasteiger partial charge is 0.317 e. The van der Waals surface area contributed by atoms with Crippen molar-refractivity contribution in [2.45, 2.75) is 20.3 Å². The minimum Gasteiger partial charge on any atom is -0.480 e. The highest BCUT2D eigenvalue weighted by atomic mass is 16.4. The molecule has 0 saturated carbocycles. The fraction of sp³-hybridized carbons (Fsp3) is 0.667. The van der Waals surface area contributed by atoms with Crippen molar-refractivity contribution >= 4 is 5.97 Å². The molecule has 1 N–H and O–H groups in total. The Morgan fingerprint density at radius 1 is 1.50 bits per heavy atom. The topological polar surface area (TPSA) is 40.5 Å². The van der Waals surface area contributed by atoms with E-state index in [2.05, 4.69) is 6.58 Å². The summed E-state index contributed by atoms with van der Waals surface area (Å²) < 4.78 is 0. The zero-order chi connectivity index (χ0) is 9.56. The fourth-order valence-corrected chi connectivity index (χ4v) is 1.10. The molecule has 0 aliphatic rings. The monoisotopic (exact) mass is 171 g/mol. The first-order valence-corrected chi connectivity index (χ1v) is 4.14. The Morgan fingerprint density at radius 2 is 2.08 bits per heavy atom. The van der Waals surface area contributed by atoms with E-state index in [9.17, 15) is 4.79 Å². The molecule has 3 heteroatoms. The molecule has 12 heavy (non-hydrogen) atoms. The molecule has 0 amide bonds. The number of aliphatic carboxylic acids is 1. The third kappa shape index (κ3) is 5.92. The molecular formula is C9H17NO2. The molecule has 0 aromatic carbocycles. The Hall–Kier alpha value is -0.830. The Morgan fingerprint density at radius 3 is 2.42 bits per heavy atom. The third-order valence-corrected chi connectivity index (χ3v) is 1.39. The van der Waals surface area contributed by atoms with Gasteiger partial charge in [-0.15, -0.1) is 0 Å². The maximum absolute atomic E-state index is 10.4. The molecule has 0 atom stereocenters. The molecule has 0 spiro atoms. The van der Waals surface area contributed by atoms with Gasteiger partial charge in [0.2, 0.25) is 0 Å². The Labute approximate surface area is 73.7 Å². The summed E-state index contributed by atoms with van der Waals surface area (Å²) in [5.74, 6) is -0.773. The molecule has 0 rings (SSSR count). The third-order valence-electron chi connectivity index (χ3n) is 1.39. The van der Waals surface area contributed by atoms with Crippen LogP contribution in [0.1, 0.15) is 20.3 Å². The summed E-state index contributed by atoms with van der Waals surface area (Å²) in [6.45, 7) is 9.30. The van der Waals surface area contributed by atoms with E-state index in [0.29, 0.717) is 6.54 Å².